The maximum Gasteiger partial charge on any atom is 0.0349 e. The first kappa shape index (κ1) is 13.5. The minimum atomic E-state index is 0.364. The van der Waals surface area contributed by atoms with E-state index in [0.29, 0.717) is 11.3 Å². The fraction of sp³-hybridized carbons (Fsp3) is 0.600. The Kier molecular flexibility index (Phi) is 6.23. The summed E-state index contributed by atoms with van der Waals surface area (Å²) in [4.78, 5) is 1.37. The van der Waals surface area contributed by atoms with Gasteiger partial charge >= 0.3 is 0 Å². The highest BCUT2D eigenvalue weighted by atomic mass is 79.9. The van der Waals surface area contributed by atoms with Crippen molar-refractivity contribution < 1.29 is 0 Å². The Bertz CT molecular complexity index is 289. The molecular formula is C10H17BrN2S2. The van der Waals surface area contributed by atoms with Gasteiger partial charge < -0.3 is 0 Å². The summed E-state index contributed by atoms with van der Waals surface area (Å²) in [5.74, 6) is 6.60. The maximum absolute atomic E-state index is 5.54. The third-order valence-electron chi connectivity index (χ3n) is 1.94. The highest BCUT2D eigenvalue weighted by Gasteiger charge is 2.10. The van der Waals surface area contributed by atoms with E-state index in [4.69, 9.17) is 5.84 Å². The van der Waals surface area contributed by atoms with Crippen LogP contribution in [0.15, 0.2) is 15.9 Å². The third-order valence-corrected chi connectivity index (χ3v) is 4.92. The summed E-state index contributed by atoms with van der Waals surface area (Å²) in [6.45, 7) is 4.42. The van der Waals surface area contributed by atoms with E-state index < -0.39 is 0 Å². The van der Waals surface area contributed by atoms with E-state index in [1.807, 2.05) is 11.8 Å². The zero-order valence-corrected chi connectivity index (χ0v) is 12.2. The number of hydrazine groups is 1. The predicted molar refractivity (Wildman–Crippen MR) is 74.4 cm³/mol. The molecule has 0 saturated heterocycles. The van der Waals surface area contributed by atoms with Gasteiger partial charge in [0.15, 0.2) is 0 Å². The molecule has 0 aliphatic heterocycles. The van der Waals surface area contributed by atoms with E-state index in [0.717, 1.165) is 16.6 Å². The molecule has 0 radical (unpaired) electrons. The molecule has 1 rings (SSSR count). The van der Waals surface area contributed by atoms with Crippen LogP contribution in [0.2, 0.25) is 0 Å². The van der Waals surface area contributed by atoms with Crippen molar-refractivity contribution in [2.45, 2.75) is 31.6 Å². The van der Waals surface area contributed by atoms with E-state index in [-0.39, 0.29) is 0 Å². The molecule has 0 fully saturated rings. The maximum atomic E-state index is 5.54. The Morgan fingerprint density at radius 2 is 2.33 bits per heavy atom. The number of hydrogen-bond acceptors (Lipinski definition) is 4. The number of hydrogen-bond donors (Lipinski definition) is 2. The van der Waals surface area contributed by atoms with Crippen LogP contribution in [0.1, 0.15) is 18.7 Å². The van der Waals surface area contributed by atoms with Gasteiger partial charge in [-0.1, -0.05) is 13.8 Å². The Hall–Kier alpha value is 0.450. The summed E-state index contributed by atoms with van der Waals surface area (Å²) in [5.41, 5.74) is 2.89. The molecule has 0 aliphatic rings. The molecule has 1 unspecified atom stereocenters. The molecule has 86 valence electrons. The lowest BCUT2D eigenvalue weighted by atomic mass is 10.2. The second-order valence-corrected chi connectivity index (χ2v) is 7.20. The van der Waals surface area contributed by atoms with Crippen LogP contribution >= 0.6 is 39.0 Å². The lowest BCUT2D eigenvalue weighted by molar-refractivity contribution is 0.578. The molecule has 1 atom stereocenters. The minimum absolute atomic E-state index is 0.364. The van der Waals surface area contributed by atoms with Gasteiger partial charge in [0.25, 0.3) is 0 Å². The molecule has 0 saturated carbocycles. The van der Waals surface area contributed by atoms with Crippen molar-refractivity contribution in [1.82, 2.24) is 5.43 Å². The van der Waals surface area contributed by atoms with Crippen LogP contribution in [0, 0.1) is 0 Å². The van der Waals surface area contributed by atoms with Gasteiger partial charge in [-0.3, -0.25) is 11.3 Å². The van der Waals surface area contributed by atoms with Gasteiger partial charge in [-0.2, -0.15) is 11.8 Å². The van der Waals surface area contributed by atoms with Crippen LogP contribution in [-0.4, -0.2) is 17.0 Å². The molecule has 1 aromatic rings. The number of thioether (sulfide) groups is 1. The molecule has 0 aromatic carbocycles. The summed E-state index contributed by atoms with van der Waals surface area (Å²) in [5, 5.41) is 2.77. The first-order valence-electron chi connectivity index (χ1n) is 4.92. The van der Waals surface area contributed by atoms with Crippen molar-refractivity contribution >= 4 is 39.0 Å². The van der Waals surface area contributed by atoms with Gasteiger partial charge in [0, 0.05) is 26.5 Å². The summed E-state index contributed by atoms with van der Waals surface area (Å²) in [7, 11) is 0. The van der Waals surface area contributed by atoms with Crippen molar-refractivity contribution in [1.29, 1.82) is 0 Å². The average molecular weight is 309 g/mol. The molecule has 2 nitrogen and oxygen atoms in total. The van der Waals surface area contributed by atoms with Crippen molar-refractivity contribution in [3.8, 4) is 0 Å². The van der Waals surface area contributed by atoms with Crippen molar-refractivity contribution in [3.63, 3.8) is 0 Å². The number of halogens is 1. The van der Waals surface area contributed by atoms with E-state index in [2.05, 4.69) is 46.6 Å². The number of nitrogens with two attached hydrogens (primary N) is 1. The van der Waals surface area contributed by atoms with Crippen LogP contribution in [-0.2, 0) is 6.42 Å². The van der Waals surface area contributed by atoms with Crippen LogP contribution < -0.4 is 11.3 Å². The minimum Gasteiger partial charge on any atom is -0.271 e. The van der Waals surface area contributed by atoms with Gasteiger partial charge in [0.2, 0.25) is 0 Å². The van der Waals surface area contributed by atoms with Crippen LogP contribution in [0.25, 0.3) is 0 Å². The van der Waals surface area contributed by atoms with E-state index in [1.165, 1.54) is 4.88 Å². The second-order valence-electron chi connectivity index (χ2n) is 3.68. The zero-order valence-electron chi connectivity index (χ0n) is 9.00. The normalized spacial score (nSPS) is 13.4. The lowest BCUT2D eigenvalue weighted by Crippen LogP contribution is -2.38. The van der Waals surface area contributed by atoms with E-state index in [9.17, 15) is 0 Å². The van der Waals surface area contributed by atoms with Gasteiger partial charge in [0.05, 0.1) is 0 Å². The van der Waals surface area contributed by atoms with Gasteiger partial charge in [0.1, 0.15) is 0 Å². The van der Waals surface area contributed by atoms with E-state index in [1.54, 1.807) is 11.3 Å². The highest BCUT2D eigenvalue weighted by molar-refractivity contribution is 9.10. The highest BCUT2D eigenvalue weighted by Crippen LogP contribution is 2.22. The predicted octanol–water partition coefficient (Wildman–Crippen LogP) is 3.03. The van der Waals surface area contributed by atoms with Gasteiger partial charge in [-0.05, 0) is 33.7 Å². The van der Waals surface area contributed by atoms with Crippen LogP contribution in [0.3, 0.4) is 0 Å². The first-order valence-corrected chi connectivity index (χ1v) is 7.64. The Balaban J connectivity index is 2.39. The molecular weight excluding hydrogens is 292 g/mol. The number of rotatable bonds is 6. The smallest absolute Gasteiger partial charge is 0.0349 e. The molecule has 0 spiro atoms. The van der Waals surface area contributed by atoms with Crippen LogP contribution in [0.5, 0.6) is 0 Å². The molecule has 1 aromatic heterocycles. The topological polar surface area (TPSA) is 38.0 Å². The van der Waals surface area contributed by atoms with Crippen molar-refractivity contribution in [2.24, 2.45) is 5.84 Å². The summed E-state index contributed by atoms with van der Waals surface area (Å²) in [6, 6.07) is 2.53. The lowest BCUT2D eigenvalue weighted by Gasteiger charge is -2.15. The molecule has 3 N–H and O–H groups in total. The molecule has 5 heteroatoms. The van der Waals surface area contributed by atoms with Crippen LogP contribution in [0.4, 0.5) is 0 Å². The van der Waals surface area contributed by atoms with Crippen molar-refractivity contribution in [2.75, 3.05) is 5.75 Å². The fourth-order valence-corrected chi connectivity index (χ4v) is 3.54. The first-order chi connectivity index (χ1) is 7.11. The number of thiophene rings is 1. The largest absolute Gasteiger partial charge is 0.271 e. The fourth-order valence-electron chi connectivity index (χ4n) is 1.18. The molecule has 15 heavy (non-hydrogen) atoms. The Morgan fingerprint density at radius 1 is 1.60 bits per heavy atom. The SMILES string of the molecule is CC(C)SCC(Cc1cc(Br)cs1)NN. The zero-order chi connectivity index (χ0) is 11.3. The third kappa shape index (κ3) is 5.36. The quantitative estimate of drug-likeness (QED) is 0.626. The number of nitrogens with one attached hydrogen (secondary N) is 1. The van der Waals surface area contributed by atoms with Gasteiger partial charge in [-0.15, -0.1) is 11.3 Å². The summed E-state index contributed by atoms with van der Waals surface area (Å²) >= 11 is 7.18. The Labute approximate surface area is 108 Å². The molecule has 0 amide bonds. The van der Waals surface area contributed by atoms with Gasteiger partial charge in [-0.25, -0.2) is 0 Å². The average Bonchev–Trinajstić information content (AvgIpc) is 2.58. The molecule has 0 aliphatic carbocycles. The monoisotopic (exact) mass is 308 g/mol. The summed E-state index contributed by atoms with van der Waals surface area (Å²) < 4.78 is 1.16. The van der Waals surface area contributed by atoms with Crippen molar-refractivity contribution in [3.05, 3.63) is 20.8 Å². The molecule has 1 heterocycles. The summed E-state index contributed by atoms with van der Waals surface area (Å²) in [6.07, 6.45) is 1.01. The standard InChI is InChI=1S/C10H17BrN2S2/c1-7(2)14-6-9(13-12)4-10-3-8(11)5-15-10/h3,5,7,9,13H,4,6,12H2,1-2H3. The van der Waals surface area contributed by atoms with E-state index >= 15 is 0 Å². The second kappa shape index (κ2) is 6.91. The Morgan fingerprint density at radius 3 is 2.80 bits per heavy atom. The molecule has 0 bridgehead atoms.